The first-order chi connectivity index (χ1) is 43.9. The minimum atomic E-state index is 0.0209. The molecule has 4 nitrogen and oxygen atoms in total. The van der Waals surface area contributed by atoms with E-state index in [1.807, 2.05) is 0 Å². The second kappa shape index (κ2) is 19.1. The molecular weight excluding hydrogens is 1080 g/mol. The van der Waals surface area contributed by atoms with Crippen LogP contribution in [0.25, 0.3) is 153 Å². The van der Waals surface area contributed by atoms with Crippen molar-refractivity contribution in [1.82, 2.24) is 18.3 Å². The van der Waals surface area contributed by atoms with Gasteiger partial charge in [0.15, 0.2) is 0 Å². The SMILES string of the molecule is Cc1ccc(B(c2ccc3cc4cc(-n5c6ccccc6c6cc7c(cc65)c5ccccc5n7-c5ccccc5)ccc4cc3c2)c2ccc3cc4cc(-n5c6ccccc6c6cc7c(cc65)c5ccccc5n7-c5ccccc5)ccc4cc3c2)c(C)c1. The molecule has 0 saturated carbocycles. The van der Waals surface area contributed by atoms with Gasteiger partial charge in [-0.3, -0.25) is 0 Å². The molecule has 0 aliphatic heterocycles. The number of hydrogen-bond donors (Lipinski definition) is 0. The highest BCUT2D eigenvalue weighted by Gasteiger charge is 2.26. The Kier molecular flexibility index (Phi) is 10.7. The molecule has 4 heterocycles. The monoisotopic (exact) mass is 1130 g/mol. The first-order valence-electron chi connectivity index (χ1n) is 31.0. The zero-order chi connectivity index (χ0) is 58.6. The Morgan fingerprint density at radius 1 is 0.213 bits per heavy atom. The van der Waals surface area contributed by atoms with Crippen molar-refractivity contribution in [3.05, 3.63) is 308 Å². The molecule has 0 bridgehead atoms. The van der Waals surface area contributed by atoms with Crippen LogP contribution in [0, 0.1) is 13.8 Å². The van der Waals surface area contributed by atoms with Crippen LogP contribution in [0.1, 0.15) is 11.1 Å². The van der Waals surface area contributed by atoms with Crippen molar-refractivity contribution in [2.24, 2.45) is 0 Å². The Morgan fingerprint density at radius 2 is 0.539 bits per heavy atom. The zero-order valence-electron chi connectivity index (χ0n) is 49.2. The van der Waals surface area contributed by atoms with Crippen molar-refractivity contribution in [2.75, 3.05) is 0 Å². The van der Waals surface area contributed by atoms with Crippen LogP contribution in [0.2, 0.25) is 0 Å². The first-order valence-corrected chi connectivity index (χ1v) is 31.0. The summed E-state index contributed by atoms with van der Waals surface area (Å²) in [6.45, 7) is 4.49. The minimum absolute atomic E-state index is 0.0209. The van der Waals surface area contributed by atoms with Crippen molar-refractivity contribution in [3.63, 3.8) is 0 Å². The molecule has 0 saturated heterocycles. The van der Waals surface area contributed by atoms with E-state index in [0.717, 1.165) is 22.7 Å². The zero-order valence-corrected chi connectivity index (χ0v) is 49.2. The number of rotatable bonds is 7. The molecule has 0 unspecified atom stereocenters. The minimum Gasteiger partial charge on any atom is -0.309 e. The second-order valence-corrected chi connectivity index (χ2v) is 24.6. The van der Waals surface area contributed by atoms with E-state index in [1.54, 1.807) is 0 Å². The third-order valence-electron chi connectivity index (χ3n) is 19.5. The van der Waals surface area contributed by atoms with E-state index in [9.17, 15) is 0 Å². The second-order valence-electron chi connectivity index (χ2n) is 24.6. The summed E-state index contributed by atoms with van der Waals surface area (Å²) in [5.74, 6) is 0. The van der Waals surface area contributed by atoms with Crippen LogP contribution in [0.4, 0.5) is 0 Å². The number of hydrogen-bond acceptors (Lipinski definition) is 0. The molecule has 89 heavy (non-hydrogen) atoms. The van der Waals surface area contributed by atoms with Gasteiger partial charge in [-0.25, -0.2) is 0 Å². The highest BCUT2D eigenvalue weighted by atomic mass is 15.0. The van der Waals surface area contributed by atoms with Gasteiger partial charge in [-0.15, -0.1) is 0 Å². The fraction of sp³-hybridized carbons (Fsp3) is 0.0238. The van der Waals surface area contributed by atoms with E-state index in [-0.39, 0.29) is 6.71 Å². The summed E-state index contributed by atoms with van der Waals surface area (Å²) in [4.78, 5) is 0. The van der Waals surface area contributed by atoms with Crippen LogP contribution in [0.5, 0.6) is 0 Å². The maximum absolute atomic E-state index is 2.47. The lowest BCUT2D eigenvalue weighted by molar-refractivity contribution is 1.18. The quantitative estimate of drug-likeness (QED) is 0.112. The molecule has 15 aromatic carbocycles. The Balaban J connectivity index is 0.706. The van der Waals surface area contributed by atoms with Crippen LogP contribution in [-0.2, 0) is 0 Å². The van der Waals surface area contributed by atoms with E-state index in [0.29, 0.717) is 0 Å². The standard InChI is InChI=1S/C84H55BN4/c1-52-29-38-76(53(2)39-52)85(62-34-30-54-42-60-46-66(36-32-56(60)40-58(54)44-62)88-79-27-15-11-23-70(79)74-48-81-72(50-83(74)88)68-21-9-13-25-77(68)86(81)64-17-5-3-6-18-64)63-35-31-55-43-61-47-67(37-33-57(61)41-59(55)45-63)89-80-28-16-12-24-71(80)75-49-82-73(51-84(75)89)69-22-10-14-26-78(69)87(82)65-19-7-4-8-20-65/h3-51H,1-2H3. The molecule has 4 aromatic heterocycles. The van der Waals surface area contributed by atoms with Crippen LogP contribution in [-0.4, -0.2) is 25.0 Å². The molecule has 0 fully saturated rings. The molecule has 19 aromatic rings. The smallest absolute Gasteiger partial charge is 0.241 e. The molecule has 0 amide bonds. The van der Waals surface area contributed by atoms with Gasteiger partial charge in [-0.1, -0.05) is 203 Å². The lowest BCUT2D eigenvalue weighted by atomic mass is 9.36. The summed E-state index contributed by atoms with van der Waals surface area (Å²) in [5.41, 5.74) is 20.7. The number of fused-ring (bicyclic) bond motifs is 16. The predicted molar refractivity (Wildman–Crippen MR) is 381 cm³/mol. The Morgan fingerprint density at radius 3 is 0.910 bits per heavy atom. The summed E-state index contributed by atoms with van der Waals surface area (Å²) < 4.78 is 9.78. The largest absolute Gasteiger partial charge is 0.309 e. The Labute approximate surface area is 513 Å². The Hall–Kier alpha value is -11.4. The summed E-state index contributed by atoms with van der Waals surface area (Å²) in [6.07, 6.45) is 0. The van der Waals surface area contributed by atoms with E-state index < -0.39 is 0 Å². The average Bonchev–Trinajstić information content (AvgIpc) is 1.76. The summed E-state index contributed by atoms with van der Waals surface area (Å²) in [6, 6.07) is 112. The average molecular weight is 1130 g/mol. The van der Waals surface area contributed by atoms with Gasteiger partial charge >= 0.3 is 0 Å². The molecule has 0 atom stereocenters. The molecule has 0 N–H and O–H groups in total. The highest BCUT2D eigenvalue weighted by Crippen LogP contribution is 2.43. The van der Waals surface area contributed by atoms with Crippen molar-refractivity contribution < 1.29 is 0 Å². The van der Waals surface area contributed by atoms with E-state index >= 15 is 0 Å². The Bertz CT molecular complexity index is 5840. The number of aromatic nitrogens is 4. The van der Waals surface area contributed by atoms with E-state index in [4.69, 9.17) is 0 Å². The molecule has 5 heteroatoms. The maximum atomic E-state index is 2.47. The fourth-order valence-electron chi connectivity index (χ4n) is 15.5. The van der Waals surface area contributed by atoms with Gasteiger partial charge < -0.3 is 18.3 Å². The number of benzene rings is 15. The van der Waals surface area contributed by atoms with Gasteiger partial charge in [0.05, 0.1) is 44.1 Å². The molecule has 0 spiro atoms. The molecule has 0 radical (unpaired) electrons. The lowest BCUT2D eigenvalue weighted by Crippen LogP contribution is -2.52. The molecule has 19 rings (SSSR count). The predicted octanol–water partition coefficient (Wildman–Crippen LogP) is 19.8. The molecule has 0 aliphatic carbocycles. The van der Waals surface area contributed by atoms with E-state index in [2.05, 4.69) is 329 Å². The van der Waals surface area contributed by atoms with Crippen molar-refractivity contribution in [1.29, 1.82) is 0 Å². The summed E-state index contributed by atoms with van der Waals surface area (Å²) in [5, 5.41) is 19.8. The molecular formula is C84H55BN4. The van der Waals surface area contributed by atoms with Crippen molar-refractivity contribution >= 4 is 153 Å². The summed E-state index contributed by atoms with van der Waals surface area (Å²) >= 11 is 0. The van der Waals surface area contributed by atoms with Gasteiger partial charge in [0, 0.05) is 65.8 Å². The summed E-state index contributed by atoms with van der Waals surface area (Å²) in [7, 11) is 0. The lowest BCUT2D eigenvalue weighted by Gasteiger charge is -2.20. The molecule has 414 valence electrons. The van der Waals surface area contributed by atoms with Crippen LogP contribution in [0.15, 0.2) is 297 Å². The van der Waals surface area contributed by atoms with Crippen molar-refractivity contribution in [3.8, 4) is 22.7 Å². The van der Waals surface area contributed by atoms with Crippen LogP contribution >= 0.6 is 0 Å². The number of para-hydroxylation sites is 6. The van der Waals surface area contributed by atoms with Gasteiger partial charge in [-0.05, 0) is 178 Å². The van der Waals surface area contributed by atoms with E-state index in [1.165, 1.54) is 158 Å². The number of aryl methyl sites for hydroxylation is 2. The van der Waals surface area contributed by atoms with Gasteiger partial charge in [0.1, 0.15) is 0 Å². The fourth-order valence-corrected chi connectivity index (χ4v) is 15.5. The maximum Gasteiger partial charge on any atom is 0.241 e. The van der Waals surface area contributed by atoms with Crippen LogP contribution in [0.3, 0.4) is 0 Å². The normalized spacial score (nSPS) is 12.2. The van der Waals surface area contributed by atoms with Gasteiger partial charge in [0.2, 0.25) is 6.71 Å². The van der Waals surface area contributed by atoms with Crippen molar-refractivity contribution in [2.45, 2.75) is 13.8 Å². The topological polar surface area (TPSA) is 19.7 Å². The first kappa shape index (κ1) is 49.8. The van der Waals surface area contributed by atoms with Crippen LogP contribution < -0.4 is 16.4 Å². The van der Waals surface area contributed by atoms with Gasteiger partial charge in [0.25, 0.3) is 0 Å². The molecule has 0 aliphatic rings. The third-order valence-corrected chi connectivity index (χ3v) is 19.5. The third kappa shape index (κ3) is 7.55. The number of nitrogens with zero attached hydrogens (tertiary/aromatic N) is 4. The van der Waals surface area contributed by atoms with Gasteiger partial charge in [-0.2, -0.15) is 0 Å². The highest BCUT2D eigenvalue weighted by molar-refractivity contribution is 6.96.